The van der Waals surface area contributed by atoms with Crippen molar-refractivity contribution >= 4 is 11.9 Å². The second-order valence-corrected chi connectivity index (χ2v) is 3.97. The summed E-state index contributed by atoms with van der Waals surface area (Å²) in [6, 6.07) is 0. The number of aliphatic carboxylic acids is 2. The molecular formula is C12H24N2O4. The average molecular weight is 260 g/mol. The van der Waals surface area contributed by atoms with Gasteiger partial charge in [0, 0.05) is 39.3 Å². The van der Waals surface area contributed by atoms with Gasteiger partial charge in [-0.3, -0.25) is 9.59 Å². The van der Waals surface area contributed by atoms with E-state index in [4.69, 9.17) is 10.2 Å². The third kappa shape index (κ3) is 8.03. The van der Waals surface area contributed by atoms with Gasteiger partial charge < -0.3 is 20.0 Å². The highest BCUT2D eigenvalue weighted by Gasteiger charge is 2.17. The first-order chi connectivity index (χ1) is 8.58. The Balaban J connectivity index is 0.00000137. The monoisotopic (exact) mass is 260 g/mol. The molecule has 0 aromatic rings. The van der Waals surface area contributed by atoms with Gasteiger partial charge in [0.25, 0.3) is 0 Å². The van der Waals surface area contributed by atoms with Crippen LogP contribution in [0.2, 0.25) is 0 Å². The van der Waals surface area contributed by atoms with Crippen LogP contribution in [-0.4, -0.2) is 71.2 Å². The highest BCUT2D eigenvalue weighted by Crippen LogP contribution is 2.03. The predicted octanol–water partition coefficient (Wildman–Crippen LogP) is 0.580. The zero-order valence-electron chi connectivity index (χ0n) is 11.3. The first-order valence-corrected chi connectivity index (χ1v) is 6.46. The van der Waals surface area contributed by atoms with Gasteiger partial charge in [0.1, 0.15) is 0 Å². The van der Waals surface area contributed by atoms with E-state index in [9.17, 15) is 9.59 Å². The molecular weight excluding hydrogens is 236 g/mol. The lowest BCUT2D eigenvalue weighted by Crippen LogP contribution is -2.47. The number of rotatable bonds is 6. The van der Waals surface area contributed by atoms with Gasteiger partial charge in [0.2, 0.25) is 0 Å². The summed E-state index contributed by atoms with van der Waals surface area (Å²) >= 11 is 0. The van der Waals surface area contributed by atoms with E-state index in [-0.39, 0.29) is 12.8 Å². The van der Waals surface area contributed by atoms with E-state index >= 15 is 0 Å². The summed E-state index contributed by atoms with van der Waals surface area (Å²) in [5.74, 6) is -1.54. The molecule has 0 saturated carbocycles. The molecule has 0 aliphatic carbocycles. The molecule has 106 valence electrons. The molecule has 1 heterocycles. The molecule has 1 aliphatic rings. The zero-order chi connectivity index (χ0) is 14.0. The number of hydrogen-bond acceptors (Lipinski definition) is 4. The molecule has 0 aromatic carbocycles. The van der Waals surface area contributed by atoms with Crippen LogP contribution in [0.1, 0.15) is 26.7 Å². The molecule has 18 heavy (non-hydrogen) atoms. The van der Waals surface area contributed by atoms with Gasteiger partial charge in [-0.25, -0.2) is 0 Å². The Hall–Kier alpha value is -1.14. The van der Waals surface area contributed by atoms with Gasteiger partial charge in [-0.1, -0.05) is 13.8 Å². The maximum atomic E-state index is 10.4. The van der Waals surface area contributed by atoms with Gasteiger partial charge in [-0.05, 0) is 0 Å². The van der Waals surface area contributed by atoms with Gasteiger partial charge in [-0.2, -0.15) is 0 Å². The molecule has 0 spiro atoms. The molecule has 2 N–H and O–H groups in total. The lowest BCUT2D eigenvalue weighted by atomic mass is 10.2. The number of piperazine rings is 1. The van der Waals surface area contributed by atoms with Crippen molar-refractivity contribution in [3.05, 3.63) is 0 Å². The largest absolute Gasteiger partial charge is 0.481 e. The standard InChI is InChI=1S/C10H18N2O4.C2H6/c13-9(14)1-3-11-5-7-12(8-6-11)4-2-10(15)16;1-2/h1-8H2,(H,13,14)(H,15,16);1-2H3. The fourth-order valence-electron chi connectivity index (χ4n) is 1.74. The Bertz CT molecular complexity index is 224. The molecule has 0 aromatic heterocycles. The fourth-order valence-corrected chi connectivity index (χ4v) is 1.74. The van der Waals surface area contributed by atoms with Crippen LogP contribution >= 0.6 is 0 Å². The highest BCUT2D eigenvalue weighted by molar-refractivity contribution is 5.67. The Kier molecular flexibility index (Phi) is 9.22. The van der Waals surface area contributed by atoms with E-state index < -0.39 is 11.9 Å². The number of carbonyl (C=O) groups is 2. The van der Waals surface area contributed by atoms with Crippen molar-refractivity contribution < 1.29 is 19.8 Å². The summed E-state index contributed by atoms with van der Waals surface area (Å²) in [6.45, 7) is 8.48. The van der Waals surface area contributed by atoms with Crippen molar-refractivity contribution in [3.8, 4) is 0 Å². The van der Waals surface area contributed by atoms with Crippen molar-refractivity contribution in [2.45, 2.75) is 26.7 Å². The van der Waals surface area contributed by atoms with E-state index in [0.717, 1.165) is 26.2 Å². The highest BCUT2D eigenvalue weighted by atomic mass is 16.4. The molecule has 1 saturated heterocycles. The fraction of sp³-hybridized carbons (Fsp3) is 0.833. The maximum Gasteiger partial charge on any atom is 0.304 e. The Labute approximate surface area is 108 Å². The van der Waals surface area contributed by atoms with Crippen molar-refractivity contribution in [3.63, 3.8) is 0 Å². The molecule has 0 radical (unpaired) electrons. The maximum absolute atomic E-state index is 10.4. The summed E-state index contributed by atoms with van der Waals surface area (Å²) in [5.41, 5.74) is 0. The van der Waals surface area contributed by atoms with Crippen LogP contribution < -0.4 is 0 Å². The lowest BCUT2D eigenvalue weighted by molar-refractivity contribution is -0.138. The van der Waals surface area contributed by atoms with Gasteiger partial charge in [-0.15, -0.1) is 0 Å². The third-order valence-corrected chi connectivity index (χ3v) is 2.75. The molecule has 1 fully saturated rings. The minimum absolute atomic E-state index is 0.176. The Morgan fingerprint density at radius 2 is 1.11 bits per heavy atom. The molecule has 0 amide bonds. The van der Waals surface area contributed by atoms with Crippen molar-refractivity contribution in [2.24, 2.45) is 0 Å². The molecule has 1 aliphatic heterocycles. The first kappa shape index (κ1) is 16.9. The molecule has 0 atom stereocenters. The third-order valence-electron chi connectivity index (χ3n) is 2.75. The van der Waals surface area contributed by atoms with Gasteiger partial charge in [0.15, 0.2) is 0 Å². The quantitative estimate of drug-likeness (QED) is 0.727. The van der Waals surface area contributed by atoms with E-state index in [1.54, 1.807) is 0 Å². The van der Waals surface area contributed by atoms with Crippen molar-refractivity contribution in [2.75, 3.05) is 39.3 Å². The average Bonchev–Trinajstić information content (AvgIpc) is 2.37. The molecule has 0 bridgehead atoms. The summed E-state index contributed by atoms with van der Waals surface area (Å²) < 4.78 is 0. The van der Waals surface area contributed by atoms with Crippen LogP contribution in [0.25, 0.3) is 0 Å². The van der Waals surface area contributed by atoms with Gasteiger partial charge in [0.05, 0.1) is 12.8 Å². The van der Waals surface area contributed by atoms with Crippen LogP contribution in [0.3, 0.4) is 0 Å². The van der Waals surface area contributed by atoms with Crippen LogP contribution in [0.5, 0.6) is 0 Å². The molecule has 1 rings (SSSR count). The van der Waals surface area contributed by atoms with Crippen LogP contribution in [0, 0.1) is 0 Å². The zero-order valence-corrected chi connectivity index (χ0v) is 11.3. The second kappa shape index (κ2) is 9.85. The SMILES string of the molecule is CC.O=C(O)CCN1CCN(CCC(=O)O)CC1. The number of nitrogens with zero attached hydrogens (tertiary/aromatic N) is 2. The normalized spacial score (nSPS) is 16.8. The number of hydrogen-bond donors (Lipinski definition) is 2. The summed E-state index contributed by atoms with van der Waals surface area (Å²) in [5, 5.41) is 17.1. The molecule has 0 unspecified atom stereocenters. The van der Waals surface area contributed by atoms with Crippen molar-refractivity contribution in [1.29, 1.82) is 0 Å². The van der Waals surface area contributed by atoms with Crippen LogP contribution in [0.4, 0.5) is 0 Å². The predicted molar refractivity (Wildman–Crippen MR) is 68.7 cm³/mol. The summed E-state index contributed by atoms with van der Waals surface area (Å²) in [4.78, 5) is 25.0. The summed E-state index contributed by atoms with van der Waals surface area (Å²) in [7, 11) is 0. The minimum atomic E-state index is -0.770. The van der Waals surface area contributed by atoms with Crippen LogP contribution in [-0.2, 0) is 9.59 Å². The van der Waals surface area contributed by atoms with E-state index in [2.05, 4.69) is 9.80 Å². The van der Waals surface area contributed by atoms with E-state index in [1.165, 1.54) is 0 Å². The molecule has 6 nitrogen and oxygen atoms in total. The minimum Gasteiger partial charge on any atom is -0.481 e. The molecule has 6 heteroatoms. The summed E-state index contributed by atoms with van der Waals surface area (Å²) in [6.07, 6.45) is 0.351. The van der Waals surface area contributed by atoms with Crippen LogP contribution in [0.15, 0.2) is 0 Å². The van der Waals surface area contributed by atoms with E-state index in [0.29, 0.717) is 13.1 Å². The Morgan fingerprint density at radius 3 is 1.33 bits per heavy atom. The second-order valence-electron chi connectivity index (χ2n) is 3.97. The van der Waals surface area contributed by atoms with Gasteiger partial charge >= 0.3 is 11.9 Å². The topological polar surface area (TPSA) is 81.1 Å². The van der Waals surface area contributed by atoms with Crippen molar-refractivity contribution in [1.82, 2.24) is 9.80 Å². The number of carboxylic acid groups (broad SMARTS) is 2. The lowest BCUT2D eigenvalue weighted by Gasteiger charge is -2.34. The Morgan fingerprint density at radius 1 is 0.833 bits per heavy atom. The first-order valence-electron chi connectivity index (χ1n) is 6.46. The number of carboxylic acids is 2. The van der Waals surface area contributed by atoms with E-state index in [1.807, 2.05) is 13.8 Å². The smallest absolute Gasteiger partial charge is 0.304 e.